The molecule has 3 aromatic carbocycles. The van der Waals surface area contributed by atoms with Crippen LogP contribution in [0.5, 0.6) is 11.5 Å². The van der Waals surface area contributed by atoms with Crippen molar-refractivity contribution in [3.05, 3.63) is 95.6 Å². The lowest BCUT2D eigenvalue weighted by atomic mass is 9.90. The molecule has 0 spiro atoms. The summed E-state index contributed by atoms with van der Waals surface area (Å²) in [5, 5.41) is 19.3. The van der Waals surface area contributed by atoms with Crippen molar-refractivity contribution in [2.24, 2.45) is 0 Å². The van der Waals surface area contributed by atoms with E-state index in [1.54, 1.807) is 9.80 Å². The van der Waals surface area contributed by atoms with Crippen molar-refractivity contribution in [1.82, 2.24) is 9.80 Å². The van der Waals surface area contributed by atoms with Gasteiger partial charge in [-0.1, -0.05) is 60.7 Å². The van der Waals surface area contributed by atoms with Crippen LogP contribution < -0.4 is 0 Å². The van der Waals surface area contributed by atoms with Crippen molar-refractivity contribution >= 4 is 11.8 Å². The first kappa shape index (κ1) is 20.5. The van der Waals surface area contributed by atoms with Crippen LogP contribution in [0.2, 0.25) is 0 Å². The molecule has 0 atom stereocenters. The zero-order valence-corrected chi connectivity index (χ0v) is 17.0. The van der Waals surface area contributed by atoms with Gasteiger partial charge in [-0.2, -0.15) is 0 Å². The first-order valence-corrected chi connectivity index (χ1v) is 10.2. The Kier molecular flexibility index (Phi) is 5.89. The molecule has 1 heterocycles. The fraction of sp³-hybridized carbons (Fsp3) is 0.200. The molecule has 1 saturated heterocycles. The molecule has 6 heteroatoms. The molecule has 0 radical (unpaired) electrons. The van der Waals surface area contributed by atoms with E-state index in [4.69, 9.17) is 0 Å². The van der Waals surface area contributed by atoms with E-state index in [0.717, 1.165) is 11.1 Å². The van der Waals surface area contributed by atoms with Gasteiger partial charge in [0.1, 0.15) is 11.5 Å². The maximum atomic E-state index is 13.5. The second kappa shape index (κ2) is 8.92. The number of nitrogens with zero attached hydrogens (tertiary/aromatic N) is 2. The summed E-state index contributed by atoms with van der Waals surface area (Å²) in [6, 6.07) is 23.3. The minimum absolute atomic E-state index is 0.0134. The topological polar surface area (TPSA) is 81.1 Å². The Balaban J connectivity index is 1.49. The maximum absolute atomic E-state index is 13.5. The minimum atomic E-state index is -0.396. The van der Waals surface area contributed by atoms with Gasteiger partial charge in [0.05, 0.1) is 5.92 Å². The van der Waals surface area contributed by atoms with Crippen LogP contribution in [-0.4, -0.2) is 58.0 Å². The molecule has 2 amide bonds. The molecule has 0 unspecified atom stereocenters. The highest BCUT2D eigenvalue weighted by atomic mass is 16.3. The number of amides is 2. The maximum Gasteiger partial charge on any atom is 0.254 e. The highest BCUT2D eigenvalue weighted by Gasteiger charge is 2.31. The molecule has 1 fully saturated rings. The Bertz CT molecular complexity index is 1000. The highest BCUT2D eigenvalue weighted by molar-refractivity contribution is 5.95. The molecule has 1 aliphatic heterocycles. The molecule has 0 saturated carbocycles. The quantitative estimate of drug-likeness (QED) is 0.684. The first-order chi connectivity index (χ1) is 15.0. The van der Waals surface area contributed by atoms with Crippen molar-refractivity contribution in [3.8, 4) is 11.5 Å². The SMILES string of the molecule is O=C(c1cc(O)cc(O)c1)N1CCN(C(=O)C(c2ccccc2)c2ccccc2)CC1. The van der Waals surface area contributed by atoms with E-state index in [0.29, 0.717) is 26.2 Å². The molecule has 1 aliphatic rings. The fourth-order valence-corrected chi connectivity index (χ4v) is 3.98. The highest BCUT2D eigenvalue weighted by Crippen LogP contribution is 2.28. The van der Waals surface area contributed by atoms with Gasteiger partial charge in [-0.3, -0.25) is 9.59 Å². The van der Waals surface area contributed by atoms with Crippen molar-refractivity contribution < 1.29 is 19.8 Å². The molecule has 6 nitrogen and oxygen atoms in total. The lowest BCUT2D eigenvalue weighted by molar-refractivity contribution is -0.133. The summed E-state index contributed by atoms with van der Waals surface area (Å²) in [6.07, 6.45) is 0. The largest absolute Gasteiger partial charge is 0.508 e. The van der Waals surface area contributed by atoms with Gasteiger partial charge < -0.3 is 20.0 Å². The van der Waals surface area contributed by atoms with Crippen LogP contribution in [0.25, 0.3) is 0 Å². The number of aromatic hydroxyl groups is 2. The molecule has 0 bridgehead atoms. The average molecular weight is 416 g/mol. The molecule has 0 aliphatic carbocycles. The van der Waals surface area contributed by atoms with Gasteiger partial charge >= 0.3 is 0 Å². The van der Waals surface area contributed by atoms with Crippen molar-refractivity contribution in [1.29, 1.82) is 0 Å². The van der Waals surface area contributed by atoms with Gasteiger partial charge in [0.25, 0.3) is 5.91 Å². The molecule has 4 rings (SSSR count). The van der Waals surface area contributed by atoms with Crippen molar-refractivity contribution in [2.45, 2.75) is 5.92 Å². The third kappa shape index (κ3) is 4.53. The van der Waals surface area contributed by atoms with Gasteiger partial charge in [-0.15, -0.1) is 0 Å². The normalized spacial score (nSPS) is 14.0. The number of piperazine rings is 1. The number of carbonyl (C=O) groups excluding carboxylic acids is 2. The summed E-state index contributed by atoms with van der Waals surface area (Å²) < 4.78 is 0. The minimum Gasteiger partial charge on any atom is -0.508 e. The molecule has 2 N–H and O–H groups in total. The Morgan fingerprint density at radius 1 is 0.677 bits per heavy atom. The second-order valence-electron chi connectivity index (χ2n) is 7.61. The summed E-state index contributed by atoms with van der Waals surface area (Å²) in [4.78, 5) is 29.7. The number of benzene rings is 3. The van der Waals surface area contributed by atoms with Gasteiger partial charge in [0, 0.05) is 37.8 Å². The van der Waals surface area contributed by atoms with Gasteiger partial charge in [-0.05, 0) is 23.3 Å². The van der Waals surface area contributed by atoms with E-state index in [-0.39, 0.29) is 28.9 Å². The molecule has 3 aromatic rings. The van der Waals surface area contributed by atoms with Gasteiger partial charge in [-0.25, -0.2) is 0 Å². The Labute approximate surface area is 181 Å². The van der Waals surface area contributed by atoms with Crippen LogP contribution in [0, 0.1) is 0 Å². The molecule has 158 valence electrons. The van der Waals surface area contributed by atoms with E-state index in [9.17, 15) is 19.8 Å². The number of carbonyl (C=O) groups is 2. The van der Waals surface area contributed by atoms with Gasteiger partial charge in [0.15, 0.2) is 0 Å². The van der Waals surface area contributed by atoms with E-state index in [1.807, 2.05) is 60.7 Å². The number of phenolic OH excluding ortho intramolecular Hbond substituents is 2. The summed E-state index contributed by atoms with van der Waals surface area (Å²) in [7, 11) is 0. The summed E-state index contributed by atoms with van der Waals surface area (Å²) in [6.45, 7) is 1.62. The molecular formula is C25H24N2O4. The van der Waals surface area contributed by atoms with Crippen LogP contribution in [-0.2, 0) is 4.79 Å². The predicted molar refractivity (Wildman–Crippen MR) is 117 cm³/mol. The Morgan fingerprint density at radius 3 is 1.61 bits per heavy atom. The second-order valence-corrected chi connectivity index (χ2v) is 7.61. The zero-order valence-electron chi connectivity index (χ0n) is 17.0. The number of phenols is 2. The van der Waals surface area contributed by atoms with E-state index < -0.39 is 5.92 Å². The summed E-state index contributed by atoms with van der Waals surface area (Å²) >= 11 is 0. The monoisotopic (exact) mass is 416 g/mol. The van der Waals surface area contributed by atoms with Crippen molar-refractivity contribution in [2.75, 3.05) is 26.2 Å². The summed E-state index contributed by atoms with van der Waals surface area (Å²) in [5.74, 6) is -0.982. The lowest BCUT2D eigenvalue weighted by Gasteiger charge is -2.36. The van der Waals surface area contributed by atoms with Crippen LogP contribution in [0.15, 0.2) is 78.9 Å². The average Bonchev–Trinajstić information content (AvgIpc) is 2.79. The van der Waals surface area contributed by atoms with Crippen molar-refractivity contribution in [3.63, 3.8) is 0 Å². The Hall–Kier alpha value is -3.80. The fourth-order valence-electron chi connectivity index (χ4n) is 3.98. The molecular weight excluding hydrogens is 392 g/mol. The number of rotatable bonds is 4. The van der Waals surface area contributed by atoms with E-state index in [1.165, 1.54) is 18.2 Å². The lowest BCUT2D eigenvalue weighted by Crippen LogP contribution is -2.51. The van der Waals surface area contributed by atoms with E-state index in [2.05, 4.69) is 0 Å². The van der Waals surface area contributed by atoms with Crippen LogP contribution >= 0.6 is 0 Å². The molecule has 31 heavy (non-hydrogen) atoms. The standard InChI is InChI=1S/C25H24N2O4/c28-21-15-20(16-22(29)17-21)24(30)26-11-13-27(14-12-26)25(31)23(18-7-3-1-4-8-18)19-9-5-2-6-10-19/h1-10,15-17,23,28-29H,11-14H2. The summed E-state index contributed by atoms with van der Waals surface area (Å²) in [5.41, 5.74) is 2.10. The zero-order chi connectivity index (χ0) is 21.8. The smallest absolute Gasteiger partial charge is 0.254 e. The third-order valence-electron chi connectivity index (χ3n) is 5.54. The predicted octanol–water partition coefficient (Wildman–Crippen LogP) is 3.21. The molecule has 0 aromatic heterocycles. The van der Waals surface area contributed by atoms with Gasteiger partial charge in [0.2, 0.25) is 5.91 Å². The number of hydrogen-bond donors (Lipinski definition) is 2. The van der Waals surface area contributed by atoms with Crippen LogP contribution in [0.1, 0.15) is 27.4 Å². The van der Waals surface area contributed by atoms with E-state index >= 15 is 0 Å². The third-order valence-corrected chi connectivity index (χ3v) is 5.54. The first-order valence-electron chi connectivity index (χ1n) is 10.2. The number of hydrogen-bond acceptors (Lipinski definition) is 4. The van der Waals surface area contributed by atoms with Crippen LogP contribution in [0.3, 0.4) is 0 Å². The van der Waals surface area contributed by atoms with Crippen LogP contribution in [0.4, 0.5) is 0 Å². The Morgan fingerprint density at radius 2 is 1.13 bits per heavy atom.